The van der Waals surface area contributed by atoms with Crippen LogP contribution in [-0.2, 0) is 9.59 Å². The largest absolute Gasteiger partial charge is 0.478 e. The van der Waals surface area contributed by atoms with Gasteiger partial charge in [-0.25, -0.2) is 0 Å². The number of nitrogens with two attached hydrogens (primary N) is 1. The second-order valence-corrected chi connectivity index (χ2v) is 5.75. The summed E-state index contributed by atoms with van der Waals surface area (Å²) >= 11 is 0. The molecule has 0 saturated carbocycles. The van der Waals surface area contributed by atoms with Crippen molar-refractivity contribution in [1.29, 1.82) is 0 Å². The highest BCUT2D eigenvalue weighted by Gasteiger charge is 2.38. The van der Waals surface area contributed by atoms with Gasteiger partial charge >= 0.3 is 0 Å². The summed E-state index contributed by atoms with van der Waals surface area (Å²) in [6, 6.07) is 5.24. The average molecular weight is 305 g/mol. The van der Waals surface area contributed by atoms with Gasteiger partial charge in [0, 0.05) is 6.54 Å². The lowest BCUT2D eigenvalue weighted by atomic mass is 10.0. The highest BCUT2D eigenvalue weighted by Crippen LogP contribution is 2.39. The Hall–Kier alpha value is -2.24. The van der Waals surface area contributed by atoms with Gasteiger partial charge in [0.2, 0.25) is 5.91 Å². The topological polar surface area (TPSA) is 84.7 Å². The summed E-state index contributed by atoms with van der Waals surface area (Å²) in [6.45, 7) is 6.33. The van der Waals surface area contributed by atoms with Crippen molar-refractivity contribution < 1.29 is 14.3 Å². The first-order valence-electron chi connectivity index (χ1n) is 7.59. The minimum Gasteiger partial charge on any atom is -0.478 e. The lowest BCUT2D eigenvalue weighted by Gasteiger charge is -2.36. The van der Waals surface area contributed by atoms with Crippen LogP contribution in [0.3, 0.4) is 0 Å². The molecule has 120 valence electrons. The first kappa shape index (κ1) is 16.1. The van der Waals surface area contributed by atoms with Crippen LogP contribution in [0.5, 0.6) is 5.75 Å². The first-order chi connectivity index (χ1) is 10.5. The maximum atomic E-state index is 12.7. The normalized spacial score (nSPS) is 17.2. The molecule has 1 aliphatic heterocycles. The van der Waals surface area contributed by atoms with E-state index in [0.29, 0.717) is 23.7 Å². The standard InChI is InChI=1S/C16H23N3O3/c1-4-8-18-13(20)9-19-14-11(17)6-5-7-12(14)22-15(10(2)3)16(19)21/h5-7,10,15H,4,8-9,17H2,1-3H3,(H,18,20). The molecule has 0 fully saturated rings. The molecule has 6 heteroatoms. The molecule has 6 nitrogen and oxygen atoms in total. The van der Waals surface area contributed by atoms with Crippen molar-refractivity contribution in [2.75, 3.05) is 23.7 Å². The molecule has 1 atom stereocenters. The van der Waals surface area contributed by atoms with E-state index in [0.717, 1.165) is 6.42 Å². The summed E-state index contributed by atoms with van der Waals surface area (Å²) < 4.78 is 5.78. The molecule has 0 spiro atoms. The van der Waals surface area contributed by atoms with E-state index < -0.39 is 6.10 Å². The van der Waals surface area contributed by atoms with Crippen LogP contribution < -0.4 is 20.7 Å². The van der Waals surface area contributed by atoms with E-state index in [1.165, 1.54) is 4.90 Å². The van der Waals surface area contributed by atoms with E-state index in [9.17, 15) is 9.59 Å². The Labute approximate surface area is 130 Å². The van der Waals surface area contributed by atoms with Crippen molar-refractivity contribution in [3.05, 3.63) is 18.2 Å². The van der Waals surface area contributed by atoms with Crippen LogP contribution in [0, 0.1) is 5.92 Å². The van der Waals surface area contributed by atoms with Crippen LogP contribution >= 0.6 is 0 Å². The molecule has 1 heterocycles. The zero-order chi connectivity index (χ0) is 16.3. The van der Waals surface area contributed by atoms with Gasteiger partial charge < -0.3 is 15.8 Å². The highest BCUT2D eigenvalue weighted by molar-refractivity contribution is 6.06. The number of nitrogens with zero attached hydrogens (tertiary/aromatic N) is 1. The van der Waals surface area contributed by atoms with Crippen LogP contribution in [-0.4, -0.2) is 31.0 Å². The number of amides is 2. The Morgan fingerprint density at radius 1 is 1.45 bits per heavy atom. The van der Waals surface area contributed by atoms with Gasteiger partial charge in [-0.15, -0.1) is 0 Å². The maximum Gasteiger partial charge on any atom is 0.268 e. The summed E-state index contributed by atoms with van der Waals surface area (Å²) in [6.07, 6.45) is 0.240. The van der Waals surface area contributed by atoms with Crippen LogP contribution in [0.4, 0.5) is 11.4 Å². The van der Waals surface area contributed by atoms with Gasteiger partial charge in [-0.05, 0) is 24.5 Å². The molecule has 1 aliphatic rings. The van der Waals surface area contributed by atoms with Crippen molar-refractivity contribution >= 4 is 23.2 Å². The Kier molecular flexibility index (Phi) is 4.90. The van der Waals surface area contributed by atoms with E-state index in [2.05, 4.69) is 5.32 Å². The summed E-state index contributed by atoms with van der Waals surface area (Å²) in [5, 5.41) is 2.78. The molecule has 3 N–H and O–H groups in total. The molecule has 0 bridgehead atoms. The third-order valence-electron chi connectivity index (χ3n) is 3.54. The number of nitrogen functional groups attached to an aromatic ring is 1. The molecule has 0 aliphatic carbocycles. The summed E-state index contributed by atoms with van der Waals surface area (Å²) in [5.74, 6) is 0.116. The van der Waals surface area contributed by atoms with Gasteiger partial charge in [0.15, 0.2) is 6.10 Å². The van der Waals surface area contributed by atoms with E-state index in [1.807, 2.05) is 20.8 Å². The number of rotatable bonds is 5. The van der Waals surface area contributed by atoms with Crippen molar-refractivity contribution in [1.82, 2.24) is 5.32 Å². The van der Waals surface area contributed by atoms with Gasteiger partial charge in [-0.2, -0.15) is 0 Å². The van der Waals surface area contributed by atoms with Crippen molar-refractivity contribution in [2.24, 2.45) is 5.92 Å². The number of hydrogen-bond donors (Lipinski definition) is 2. The minimum absolute atomic E-state index is 0.00304. The molecule has 2 rings (SSSR count). The third-order valence-corrected chi connectivity index (χ3v) is 3.54. The zero-order valence-corrected chi connectivity index (χ0v) is 13.3. The second-order valence-electron chi connectivity index (χ2n) is 5.75. The molecular formula is C16H23N3O3. The van der Waals surface area contributed by atoms with Crippen LogP contribution in [0.2, 0.25) is 0 Å². The maximum absolute atomic E-state index is 12.7. The second kappa shape index (κ2) is 6.68. The SMILES string of the molecule is CCCNC(=O)CN1C(=O)C(C(C)C)Oc2cccc(N)c21. The number of para-hydroxylation sites is 1. The molecular weight excluding hydrogens is 282 g/mol. The Morgan fingerprint density at radius 2 is 2.18 bits per heavy atom. The fraction of sp³-hybridized carbons (Fsp3) is 0.500. The number of carbonyl (C=O) groups is 2. The van der Waals surface area contributed by atoms with Crippen molar-refractivity contribution in [2.45, 2.75) is 33.3 Å². The summed E-state index contributed by atoms with van der Waals surface area (Å²) in [4.78, 5) is 26.1. The quantitative estimate of drug-likeness (QED) is 0.808. The lowest BCUT2D eigenvalue weighted by molar-refractivity contribution is -0.130. The third kappa shape index (κ3) is 3.16. The highest BCUT2D eigenvalue weighted by atomic mass is 16.5. The molecule has 1 unspecified atom stereocenters. The molecule has 0 radical (unpaired) electrons. The van der Waals surface area contributed by atoms with E-state index >= 15 is 0 Å². The number of nitrogens with one attached hydrogen (secondary N) is 1. The monoisotopic (exact) mass is 305 g/mol. The van der Waals surface area contributed by atoms with Gasteiger partial charge in [0.25, 0.3) is 5.91 Å². The Morgan fingerprint density at radius 3 is 2.82 bits per heavy atom. The predicted molar refractivity (Wildman–Crippen MR) is 85.8 cm³/mol. The molecule has 0 saturated heterocycles. The van der Waals surface area contributed by atoms with Gasteiger partial charge in [-0.1, -0.05) is 26.8 Å². The van der Waals surface area contributed by atoms with Crippen LogP contribution in [0.15, 0.2) is 18.2 Å². The number of benzene rings is 1. The smallest absolute Gasteiger partial charge is 0.268 e. The molecule has 0 aromatic heterocycles. The predicted octanol–water partition coefficient (Wildman–Crippen LogP) is 1.54. The lowest BCUT2D eigenvalue weighted by Crippen LogP contribution is -2.51. The average Bonchev–Trinajstić information content (AvgIpc) is 2.47. The minimum atomic E-state index is -0.603. The van der Waals surface area contributed by atoms with E-state index in [-0.39, 0.29) is 24.3 Å². The fourth-order valence-electron chi connectivity index (χ4n) is 2.42. The summed E-state index contributed by atoms with van der Waals surface area (Å²) in [5.41, 5.74) is 6.90. The van der Waals surface area contributed by atoms with E-state index in [4.69, 9.17) is 10.5 Å². The van der Waals surface area contributed by atoms with Crippen LogP contribution in [0.25, 0.3) is 0 Å². The fourth-order valence-corrected chi connectivity index (χ4v) is 2.42. The number of carbonyl (C=O) groups excluding carboxylic acids is 2. The number of ether oxygens (including phenoxy) is 1. The Bertz CT molecular complexity index is 572. The van der Waals surface area contributed by atoms with Gasteiger partial charge in [0.1, 0.15) is 18.0 Å². The van der Waals surface area contributed by atoms with Crippen LogP contribution in [0.1, 0.15) is 27.2 Å². The molecule has 22 heavy (non-hydrogen) atoms. The zero-order valence-electron chi connectivity index (χ0n) is 13.3. The summed E-state index contributed by atoms with van der Waals surface area (Å²) in [7, 11) is 0. The first-order valence-corrected chi connectivity index (χ1v) is 7.59. The van der Waals surface area contributed by atoms with Gasteiger partial charge in [0.05, 0.1) is 5.69 Å². The van der Waals surface area contributed by atoms with Crippen molar-refractivity contribution in [3.63, 3.8) is 0 Å². The number of hydrogen-bond acceptors (Lipinski definition) is 4. The van der Waals surface area contributed by atoms with Gasteiger partial charge in [-0.3, -0.25) is 14.5 Å². The van der Waals surface area contributed by atoms with Crippen molar-refractivity contribution in [3.8, 4) is 5.75 Å². The Balaban J connectivity index is 2.33. The number of anilines is 2. The molecule has 1 aromatic rings. The van der Waals surface area contributed by atoms with E-state index in [1.54, 1.807) is 18.2 Å². The molecule has 2 amide bonds. The number of fused-ring (bicyclic) bond motifs is 1. The molecule has 1 aromatic carbocycles.